The van der Waals surface area contributed by atoms with Gasteiger partial charge in [-0.1, -0.05) is 25.0 Å². The number of imidazole rings is 1. The predicted molar refractivity (Wildman–Crippen MR) is 74.0 cm³/mol. The van der Waals surface area contributed by atoms with E-state index in [0.29, 0.717) is 0 Å². The molecule has 1 heterocycles. The molecule has 0 fully saturated rings. The van der Waals surface area contributed by atoms with E-state index in [1.807, 2.05) is 30.5 Å². The van der Waals surface area contributed by atoms with Crippen LogP contribution < -0.4 is 5.32 Å². The molecule has 3 heteroatoms. The lowest BCUT2D eigenvalue weighted by atomic mass is 10.1. The van der Waals surface area contributed by atoms with Crippen molar-refractivity contribution in [1.29, 1.82) is 0 Å². The fourth-order valence-corrected chi connectivity index (χ4v) is 1.73. The molecule has 0 saturated carbocycles. The molecule has 0 aliphatic rings. The lowest BCUT2D eigenvalue weighted by molar-refractivity contribution is 0.655. The van der Waals surface area contributed by atoms with Crippen molar-refractivity contribution in [2.45, 2.75) is 19.9 Å². The average molecular weight is 239 g/mol. The van der Waals surface area contributed by atoms with E-state index in [9.17, 15) is 0 Å². The van der Waals surface area contributed by atoms with Crippen LogP contribution in [-0.2, 0) is 6.54 Å². The Hall–Kier alpha value is -2.05. The summed E-state index contributed by atoms with van der Waals surface area (Å²) >= 11 is 0. The zero-order chi connectivity index (χ0) is 12.8. The van der Waals surface area contributed by atoms with Crippen LogP contribution in [0.5, 0.6) is 0 Å². The van der Waals surface area contributed by atoms with Gasteiger partial charge in [0.25, 0.3) is 0 Å². The maximum Gasteiger partial charge on any atom is 0.120 e. The summed E-state index contributed by atoms with van der Waals surface area (Å²) in [5.74, 6) is 3.57. The quantitative estimate of drug-likeness (QED) is 0.622. The molecule has 0 spiro atoms. The van der Waals surface area contributed by atoms with Crippen molar-refractivity contribution in [3.63, 3.8) is 0 Å². The maximum atomic E-state index is 5.33. The fraction of sp³-hybridized carbons (Fsp3) is 0.267. The van der Waals surface area contributed by atoms with Gasteiger partial charge in [-0.25, -0.2) is 4.98 Å². The third kappa shape index (κ3) is 2.99. The molecule has 2 N–H and O–H groups in total. The summed E-state index contributed by atoms with van der Waals surface area (Å²) in [6.07, 6.45) is 8.31. The lowest BCUT2D eigenvalue weighted by Crippen LogP contribution is -2.14. The van der Waals surface area contributed by atoms with Gasteiger partial charge in [0.2, 0.25) is 0 Å². The first-order chi connectivity index (χ1) is 8.83. The standard InChI is InChI=1S/C15H17N3/c1-3-9-16-11-15-17-10-14(18-15)13-7-5-12(4-2)6-8-13/h2,5-8,10,16H,3,9,11H2,1H3,(H,17,18). The average Bonchev–Trinajstić information content (AvgIpc) is 2.88. The van der Waals surface area contributed by atoms with Crippen molar-refractivity contribution in [2.24, 2.45) is 0 Å². The number of nitrogens with zero attached hydrogens (tertiary/aromatic N) is 1. The molecule has 2 rings (SSSR count). The summed E-state index contributed by atoms with van der Waals surface area (Å²) in [4.78, 5) is 7.65. The number of hydrogen-bond acceptors (Lipinski definition) is 2. The highest BCUT2D eigenvalue weighted by Crippen LogP contribution is 2.17. The summed E-state index contributed by atoms with van der Waals surface area (Å²) in [5.41, 5.74) is 3.01. The number of H-pyrrole nitrogens is 1. The van der Waals surface area contributed by atoms with Crippen LogP contribution in [0.2, 0.25) is 0 Å². The number of hydrogen-bond donors (Lipinski definition) is 2. The second-order valence-electron chi connectivity index (χ2n) is 4.14. The molecule has 18 heavy (non-hydrogen) atoms. The fourth-order valence-electron chi connectivity index (χ4n) is 1.73. The molecule has 2 aromatic rings. The van der Waals surface area contributed by atoms with Crippen LogP contribution in [0.4, 0.5) is 0 Å². The smallest absolute Gasteiger partial charge is 0.120 e. The van der Waals surface area contributed by atoms with Crippen LogP contribution in [0.3, 0.4) is 0 Å². The Labute approximate surface area is 108 Å². The molecule has 0 aliphatic carbocycles. The zero-order valence-corrected chi connectivity index (χ0v) is 10.5. The number of aromatic nitrogens is 2. The van der Waals surface area contributed by atoms with Crippen LogP contribution >= 0.6 is 0 Å². The van der Waals surface area contributed by atoms with E-state index in [0.717, 1.165) is 42.2 Å². The van der Waals surface area contributed by atoms with Gasteiger partial charge in [0.05, 0.1) is 18.4 Å². The molecule has 0 aliphatic heterocycles. The first kappa shape index (κ1) is 12.4. The van der Waals surface area contributed by atoms with Crippen LogP contribution in [0.25, 0.3) is 11.3 Å². The highest BCUT2D eigenvalue weighted by molar-refractivity contribution is 5.59. The van der Waals surface area contributed by atoms with Gasteiger partial charge < -0.3 is 10.3 Å². The molecule has 0 unspecified atom stereocenters. The first-order valence-electron chi connectivity index (χ1n) is 6.15. The molecule has 3 nitrogen and oxygen atoms in total. The SMILES string of the molecule is C#Cc1ccc(-c2cnc(CNCCC)[nH]2)cc1. The van der Waals surface area contributed by atoms with E-state index in [1.54, 1.807) is 0 Å². The van der Waals surface area contributed by atoms with Crippen molar-refractivity contribution in [2.75, 3.05) is 6.54 Å². The Morgan fingerprint density at radius 3 is 2.78 bits per heavy atom. The van der Waals surface area contributed by atoms with E-state index >= 15 is 0 Å². The van der Waals surface area contributed by atoms with Gasteiger partial charge in [-0.3, -0.25) is 0 Å². The first-order valence-corrected chi connectivity index (χ1v) is 6.15. The van der Waals surface area contributed by atoms with Crippen LogP contribution in [0.15, 0.2) is 30.5 Å². The monoisotopic (exact) mass is 239 g/mol. The third-order valence-corrected chi connectivity index (χ3v) is 2.71. The summed E-state index contributed by atoms with van der Waals surface area (Å²) in [7, 11) is 0. The topological polar surface area (TPSA) is 40.7 Å². The minimum atomic E-state index is 0.774. The zero-order valence-electron chi connectivity index (χ0n) is 10.5. The summed E-state index contributed by atoms with van der Waals surface area (Å²) in [6, 6.07) is 7.88. The van der Waals surface area contributed by atoms with Gasteiger partial charge in [0.1, 0.15) is 5.82 Å². The van der Waals surface area contributed by atoms with Crippen LogP contribution in [0, 0.1) is 12.3 Å². The van der Waals surface area contributed by atoms with Crippen molar-refractivity contribution in [1.82, 2.24) is 15.3 Å². The maximum absolute atomic E-state index is 5.33. The molecule has 0 atom stereocenters. The molecule has 1 aromatic carbocycles. The van der Waals surface area contributed by atoms with Gasteiger partial charge in [0.15, 0.2) is 0 Å². The van der Waals surface area contributed by atoms with Gasteiger partial charge in [-0.15, -0.1) is 6.42 Å². The molecule has 1 aromatic heterocycles. The molecular weight excluding hydrogens is 222 g/mol. The Morgan fingerprint density at radius 2 is 2.11 bits per heavy atom. The number of terminal acetylenes is 1. The molecule has 0 radical (unpaired) electrons. The Balaban J connectivity index is 2.06. The Kier molecular flexibility index (Phi) is 4.16. The Bertz CT molecular complexity index is 532. The van der Waals surface area contributed by atoms with Crippen LogP contribution in [0.1, 0.15) is 24.7 Å². The largest absolute Gasteiger partial charge is 0.341 e. The second kappa shape index (κ2) is 6.04. The number of nitrogens with one attached hydrogen (secondary N) is 2. The Morgan fingerprint density at radius 1 is 1.33 bits per heavy atom. The highest BCUT2D eigenvalue weighted by Gasteiger charge is 2.02. The predicted octanol–water partition coefficient (Wildman–Crippen LogP) is 2.56. The van der Waals surface area contributed by atoms with Crippen molar-refractivity contribution in [3.05, 3.63) is 41.9 Å². The number of rotatable bonds is 5. The van der Waals surface area contributed by atoms with Gasteiger partial charge >= 0.3 is 0 Å². The van der Waals surface area contributed by atoms with Gasteiger partial charge in [0, 0.05) is 5.56 Å². The minimum Gasteiger partial charge on any atom is -0.341 e. The molecule has 0 amide bonds. The van der Waals surface area contributed by atoms with E-state index in [1.165, 1.54) is 0 Å². The van der Waals surface area contributed by atoms with E-state index in [-0.39, 0.29) is 0 Å². The van der Waals surface area contributed by atoms with E-state index < -0.39 is 0 Å². The summed E-state index contributed by atoms with van der Waals surface area (Å²) < 4.78 is 0. The van der Waals surface area contributed by atoms with Crippen molar-refractivity contribution < 1.29 is 0 Å². The van der Waals surface area contributed by atoms with E-state index in [4.69, 9.17) is 6.42 Å². The summed E-state index contributed by atoms with van der Waals surface area (Å²) in [5, 5.41) is 3.31. The van der Waals surface area contributed by atoms with Gasteiger partial charge in [-0.2, -0.15) is 0 Å². The molecular formula is C15H17N3. The van der Waals surface area contributed by atoms with Gasteiger partial charge in [-0.05, 0) is 30.7 Å². The normalized spacial score (nSPS) is 10.2. The number of benzene rings is 1. The number of aromatic amines is 1. The molecule has 0 bridgehead atoms. The minimum absolute atomic E-state index is 0.774. The van der Waals surface area contributed by atoms with Crippen molar-refractivity contribution >= 4 is 0 Å². The van der Waals surface area contributed by atoms with E-state index in [2.05, 4.69) is 28.1 Å². The lowest BCUT2D eigenvalue weighted by Gasteiger charge is -2.00. The van der Waals surface area contributed by atoms with Crippen molar-refractivity contribution in [3.8, 4) is 23.6 Å². The van der Waals surface area contributed by atoms with Crippen LogP contribution in [-0.4, -0.2) is 16.5 Å². The summed E-state index contributed by atoms with van der Waals surface area (Å²) in [6.45, 7) is 3.93. The molecule has 0 saturated heterocycles. The third-order valence-electron chi connectivity index (χ3n) is 2.71. The highest BCUT2D eigenvalue weighted by atomic mass is 15.0. The molecule has 92 valence electrons. The second-order valence-corrected chi connectivity index (χ2v) is 4.14.